The SMILES string of the molecule is COCCOCCCOc1ccc(CO)cc1[N+](=O)[O-]. The van der Waals surface area contributed by atoms with Gasteiger partial charge < -0.3 is 19.3 Å². The summed E-state index contributed by atoms with van der Waals surface area (Å²) < 4.78 is 15.5. The van der Waals surface area contributed by atoms with Gasteiger partial charge in [0.25, 0.3) is 0 Å². The third-order valence-corrected chi connectivity index (χ3v) is 2.52. The van der Waals surface area contributed by atoms with E-state index in [0.717, 1.165) is 0 Å². The van der Waals surface area contributed by atoms with Crippen molar-refractivity contribution in [1.29, 1.82) is 0 Å². The maximum Gasteiger partial charge on any atom is 0.311 e. The van der Waals surface area contributed by atoms with Crippen molar-refractivity contribution in [2.75, 3.05) is 33.5 Å². The molecule has 0 aliphatic heterocycles. The zero-order valence-corrected chi connectivity index (χ0v) is 11.4. The van der Waals surface area contributed by atoms with Gasteiger partial charge >= 0.3 is 5.69 Å². The van der Waals surface area contributed by atoms with Crippen LogP contribution < -0.4 is 4.74 Å². The summed E-state index contributed by atoms with van der Waals surface area (Å²) in [6, 6.07) is 4.40. The van der Waals surface area contributed by atoms with Crippen LogP contribution in [-0.2, 0) is 16.1 Å². The largest absolute Gasteiger partial charge is 0.487 e. The molecule has 0 heterocycles. The number of ether oxygens (including phenoxy) is 3. The molecule has 0 unspecified atom stereocenters. The fourth-order valence-corrected chi connectivity index (χ4v) is 1.51. The number of hydrogen-bond donors (Lipinski definition) is 1. The molecule has 0 bridgehead atoms. The minimum atomic E-state index is -0.524. The Kier molecular flexibility index (Phi) is 7.56. The van der Waals surface area contributed by atoms with E-state index in [1.165, 1.54) is 12.1 Å². The molecule has 1 rings (SSSR count). The van der Waals surface area contributed by atoms with Crippen LogP contribution >= 0.6 is 0 Å². The second kappa shape index (κ2) is 9.24. The van der Waals surface area contributed by atoms with Gasteiger partial charge in [-0.3, -0.25) is 10.1 Å². The van der Waals surface area contributed by atoms with Gasteiger partial charge in [-0.05, 0) is 11.6 Å². The van der Waals surface area contributed by atoms with Gasteiger partial charge in [-0.2, -0.15) is 0 Å². The van der Waals surface area contributed by atoms with Crippen LogP contribution in [0.25, 0.3) is 0 Å². The van der Waals surface area contributed by atoms with Gasteiger partial charge in [0, 0.05) is 26.2 Å². The maximum absolute atomic E-state index is 10.9. The van der Waals surface area contributed by atoms with Crippen LogP contribution in [0.5, 0.6) is 5.75 Å². The molecule has 112 valence electrons. The van der Waals surface area contributed by atoms with Gasteiger partial charge in [0.1, 0.15) is 0 Å². The number of benzene rings is 1. The van der Waals surface area contributed by atoms with Gasteiger partial charge in [-0.15, -0.1) is 0 Å². The Morgan fingerprint density at radius 3 is 2.70 bits per heavy atom. The molecule has 0 fully saturated rings. The van der Waals surface area contributed by atoms with Crippen LogP contribution in [0.15, 0.2) is 18.2 Å². The monoisotopic (exact) mass is 285 g/mol. The number of methoxy groups -OCH3 is 1. The number of aliphatic hydroxyl groups excluding tert-OH is 1. The third-order valence-electron chi connectivity index (χ3n) is 2.52. The predicted octanol–water partition coefficient (Wildman–Crippen LogP) is 1.52. The average Bonchev–Trinajstić information content (AvgIpc) is 2.46. The van der Waals surface area contributed by atoms with Gasteiger partial charge in [0.15, 0.2) is 5.75 Å². The van der Waals surface area contributed by atoms with Crippen molar-refractivity contribution in [2.45, 2.75) is 13.0 Å². The highest BCUT2D eigenvalue weighted by molar-refractivity contribution is 5.48. The van der Waals surface area contributed by atoms with Crippen LogP contribution in [0, 0.1) is 10.1 Å². The molecule has 1 aromatic rings. The van der Waals surface area contributed by atoms with Crippen molar-refractivity contribution < 1.29 is 24.2 Å². The van der Waals surface area contributed by atoms with E-state index in [9.17, 15) is 10.1 Å². The molecular weight excluding hydrogens is 266 g/mol. The first-order valence-electron chi connectivity index (χ1n) is 6.26. The highest BCUT2D eigenvalue weighted by Crippen LogP contribution is 2.28. The van der Waals surface area contributed by atoms with Gasteiger partial charge in [-0.1, -0.05) is 6.07 Å². The van der Waals surface area contributed by atoms with E-state index in [1.54, 1.807) is 13.2 Å². The molecule has 0 aliphatic carbocycles. The van der Waals surface area contributed by atoms with Crippen molar-refractivity contribution >= 4 is 5.69 Å². The first kappa shape index (κ1) is 16.4. The molecule has 1 N–H and O–H groups in total. The van der Waals surface area contributed by atoms with E-state index in [0.29, 0.717) is 38.4 Å². The summed E-state index contributed by atoms with van der Waals surface area (Å²) >= 11 is 0. The summed E-state index contributed by atoms with van der Waals surface area (Å²) in [7, 11) is 1.60. The van der Waals surface area contributed by atoms with Crippen LogP contribution in [0.3, 0.4) is 0 Å². The van der Waals surface area contributed by atoms with E-state index in [-0.39, 0.29) is 18.0 Å². The molecular formula is C13H19NO6. The Morgan fingerprint density at radius 2 is 2.05 bits per heavy atom. The number of nitrogens with zero attached hydrogens (tertiary/aromatic N) is 1. The molecule has 0 amide bonds. The zero-order chi connectivity index (χ0) is 14.8. The molecule has 0 spiro atoms. The predicted molar refractivity (Wildman–Crippen MR) is 71.8 cm³/mol. The minimum absolute atomic E-state index is 0.142. The molecule has 7 nitrogen and oxygen atoms in total. The van der Waals surface area contributed by atoms with Crippen LogP contribution in [0.1, 0.15) is 12.0 Å². The fourth-order valence-electron chi connectivity index (χ4n) is 1.51. The minimum Gasteiger partial charge on any atom is -0.487 e. The second-order valence-corrected chi connectivity index (χ2v) is 4.02. The third kappa shape index (κ3) is 5.52. The van der Waals surface area contributed by atoms with Crippen molar-refractivity contribution in [2.24, 2.45) is 0 Å². The van der Waals surface area contributed by atoms with Crippen LogP contribution in [0.4, 0.5) is 5.69 Å². The summed E-state index contributed by atoms with van der Waals surface area (Å²) in [5, 5.41) is 19.9. The number of nitro benzene ring substituents is 1. The number of rotatable bonds is 10. The molecule has 0 saturated carbocycles. The molecule has 0 aliphatic rings. The second-order valence-electron chi connectivity index (χ2n) is 4.02. The zero-order valence-electron chi connectivity index (χ0n) is 11.4. The summed E-state index contributed by atoms with van der Waals surface area (Å²) in [6.45, 7) is 1.64. The Labute approximate surface area is 117 Å². The lowest BCUT2D eigenvalue weighted by molar-refractivity contribution is -0.386. The number of aliphatic hydroxyl groups is 1. The number of hydrogen-bond acceptors (Lipinski definition) is 6. The van der Waals surface area contributed by atoms with E-state index in [2.05, 4.69) is 0 Å². The van der Waals surface area contributed by atoms with E-state index >= 15 is 0 Å². The lowest BCUT2D eigenvalue weighted by Gasteiger charge is -2.08. The Balaban J connectivity index is 2.41. The van der Waals surface area contributed by atoms with Gasteiger partial charge in [0.2, 0.25) is 0 Å². The van der Waals surface area contributed by atoms with Crippen LogP contribution in [-0.4, -0.2) is 43.6 Å². The molecule has 0 radical (unpaired) electrons. The normalized spacial score (nSPS) is 10.5. The Bertz CT molecular complexity index is 423. The van der Waals surface area contributed by atoms with Crippen LogP contribution in [0.2, 0.25) is 0 Å². The molecule has 7 heteroatoms. The fraction of sp³-hybridized carbons (Fsp3) is 0.538. The standard InChI is InChI=1S/C13H19NO6/c1-18-7-8-19-5-2-6-20-13-4-3-11(10-15)9-12(13)14(16)17/h3-4,9,15H,2,5-8,10H2,1H3. The van der Waals surface area contributed by atoms with Crippen molar-refractivity contribution in [3.05, 3.63) is 33.9 Å². The van der Waals surface area contributed by atoms with Gasteiger partial charge in [0.05, 0.1) is 31.4 Å². The first-order valence-corrected chi connectivity index (χ1v) is 6.26. The molecule has 1 aromatic carbocycles. The molecule has 0 aromatic heterocycles. The highest BCUT2D eigenvalue weighted by atomic mass is 16.6. The topological polar surface area (TPSA) is 91.1 Å². The van der Waals surface area contributed by atoms with Crippen molar-refractivity contribution in [1.82, 2.24) is 0 Å². The summed E-state index contributed by atoms with van der Waals surface area (Å²) in [5.74, 6) is 0.198. The first-order chi connectivity index (χ1) is 9.69. The summed E-state index contributed by atoms with van der Waals surface area (Å²) in [5.41, 5.74) is 0.337. The van der Waals surface area contributed by atoms with E-state index in [4.69, 9.17) is 19.3 Å². The molecule has 0 atom stereocenters. The Hall–Kier alpha value is -1.70. The molecule has 0 saturated heterocycles. The van der Waals surface area contributed by atoms with Crippen molar-refractivity contribution in [3.8, 4) is 5.75 Å². The lowest BCUT2D eigenvalue weighted by Crippen LogP contribution is -2.07. The average molecular weight is 285 g/mol. The lowest BCUT2D eigenvalue weighted by atomic mass is 10.2. The van der Waals surface area contributed by atoms with Gasteiger partial charge in [-0.25, -0.2) is 0 Å². The molecule has 20 heavy (non-hydrogen) atoms. The van der Waals surface area contributed by atoms with Crippen molar-refractivity contribution in [3.63, 3.8) is 0 Å². The maximum atomic E-state index is 10.9. The van der Waals surface area contributed by atoms with E-state index in [1.807, 2.05) is 0 Å². The quantitative estimate of drug-likeness (QED) is 0.398. The summed E-state index contributed by atoms with van der Waals surface area (Å²) in [6.07, 6.45) is 0.628. The smallest absolute Gasteiger partial charge is 0.311 e. The summed E-state index contributed by atoms with van der Waals surface area (Å²) in [4.78, 5) is 10.4. The number of nitro groups is 1. The van der Waals surface area contributed by atoms with E-state index < -0.39 is 4.92 Å². The Morgan fingerprint density at radius 1 is 1.25 bits per heavy atom. The highest BCUT2D eigenvalue weighted by Gasteiger charge is 2.15.